The molecule has 0 saturated heterocycles. The number of halogens is 2. The van der Waals surface area contributed by atoms with E-state index in [1.165, 1.54) is 0 Å². The number of hydrogen-bond donors (Lipinski definition) is 2. The summed E-state index contributed by atoms with van der Waals surface area (Å²) in [6, 6.07) is 5.86. The van der Waals surface area contributed by atoms with Gasteiger partial charge in [0.2, 0.25) is 0 Å². The highest BCUT2D eigenvalue weighted by atomic mass is 19.1. The first-order chi connectivity index (χ1) is 17.5. The van der Waals surface area contributed by atoms with Gasteiger partial charge in [0, 0.05) is 30.6 Å². The molecule has 4 aromatic heterocycles. The van der Waals surface area contributed by atoms with Crippen LogP contribution in [-0.2, 0) is 4.74 Å². The number of carbonyl (C=O) groups is 1. The number of nitrogens with zero attached hydrogens (tertiary/aromatic N) is 5. The lowest BCUT2D eigenvalue weighted by Gasteiger charge is -2.28. The van der Waals surface area contributed by atoms with Crippen LogP contribution < -0.4 is 5.32 Å². The van der Waals surface area contributed by atoms with E-state index in [2.05, 4.69) is 30.6 Å². The third kappa shape index (κ3) is 5.01. The van der Waals surface area contributed by atoms with Crippen LogP contribution in [0.3, 0.4) is 0 Å². The molecule has 36 heavy (non-hydrogen) atoms. The Hall–Kier alpha value is -3.99. The molecule has 0 spiro atoms. The second kappa shape index (κ2) is 10.3. The number of aromatic amines is 1. The molecule has 0 aliphatic heterocycles. The third-order valence-corrected chi connectivity index (χ3v) is 6.21. The van der Waals surface area contributed by atoms with E-state index < -0.39 is 17.5 Å². The molecule has 0 unspecified atom stereocenters. The maximum atomic E-state index is 14.7. The summed E-state index contributed by atoms with van der Waals surface area (Å²) in [5.74, 6) is -2.16. The monoisotopic (exact) mass is 493 g/mol. The first-order valence-electron chi connectivity index (χ1n) is 11.8. The molecular formula is C25H25F2N7O2. The average molecular weight is 494 g/mol. The summed E-state index contributed by atoms with van der Waals surface area (Å²) < 4.78 is 35.7. The van der Waals surface area contributed by atoms with Crippen LogP contribution in [-0.4, -0.2) is 48.6 Å². The molecule has 1 aliphatic carbocycles. The van der Waals surface area contributed by atoms with Crippen molar-refractivity contribution in [3.63, 3.8) is 0 Å². The SMILES string of the molecule is CCOC1CCC(n2cc(NC(=O)c3cccc(-c4cn[nH]c4)n3)c(-c3ncc(F)cc3F)n2)CC1. The van der Waals surface area contributed by atoms with Crippen LogP contribution in [0.25, 0.3) is 22.6 Å². The summed E-state index contributed by atoms with van der Waals surface area (Å²) in [5, 5.41) is 14.0. The van der Waals surface area contributed by atoms with Crippen LogP contribution in [0.15, 0.2) is 49.1 Å². The summed E-state index contributed by atoms with van der Waals surface area (Å²) in [6.07, 6.45) is 9.50. The lowest BCUT2D eigenvalue weighted by molar-refractivity contribution is 0.0260. The zero-order valence-corrected chi connectivity index (χ0v) is 19.6. The maximum Gasteiger partial charge on any atom is 0.274 e. The number of anilines is 1. The molecule has 1 saturated carbocycles. The minimum Gasteiger partial charge on any atom is -0.379 e. The molecule has 9 nitrogen and oxygen atoms in total. The highest BCUT2D eigenvalue weighted by Crippen LogP contribution is 2.34. The molecule has 0 radical (unpaired) electrons. The van der Waals surface area contributed by atoms with Crippen molar-refractivity contribution in [1.82, 2.24) is 29.9 Å². The predicted molar refractivity (Wildman–Crippen MR) is 128 cm³/mol. The standard InChI is InChI=1S/C25H25F2N7O2/c1-2-36-18-8-6-17(7-9-18)34-14-22(24(33-34)23-19(27)10-16(26)13-28-23)32-25(35)21-5-3-4-20(31-21)15-11-29-30-12-15/h3-5,10-14,17-18H,2,6-9H2,1H3,(H,29,30)(H,32,35). The number of nitrogens with one attached hydrogen (secondary N) is 2. The Morgan fingerprint density at radius 1 is 1.19 bits per heavy atom. The number of carbonyl (C=O) groups excluding carboxylic acids is 1. The molecule has 11 heteroatoms. The van der Waals surface area contributed by atoms with Gasteiger partial charge in [-0.25, -0.2) is 18.7 Å². The predicted octanol–water partition coefficient (Wildman–Crippen LogP) is 4.78. The van der Waals surface area contributed by atoms with Gasteiger partial charge < -0.3 is 10.1 Å². The number of pyridine rings is 2. The van der Waals surface area contributed by atoms with E-state index in [1.54, 1.807) is 41.5 Å². The summed E-state index contributed by atoms with van der Waals surface area (Å²) in [4.78, 5) is 21.5. The molecule has 0 atom stereocenters. The van der Waals surface area contributed by atoms with E-state index in [9.17, 15) is 13.6 Å². The largest absolute Gasteiger partial charge is 0.379 e. The quantitative estimate of drug-likeness (QED) is 0.383. The van der Waals surface area contributed by atoms with Crippen molar-refractivity contribution >= 4 is 11.6 Å². The highest BCUT2D eigenvalue weighted by molar-refractivity contribution is 6.04. The number of rotatable bonds is 7. The van der Waals surface area contributed by atoms with Gasteiger partial charge in [-0.05, 0) is 44.7 Å². The molecule has 1 amide bonds. The fraction of sp³-hybridized carbons (Fsp3) is 0.320. The number of hydrogen-bond acceptors (Lipinski definition) is 6. The molecule has 4 heterocycles. The topological polar surface area (TPSA) is 111 Å². The van der Waals surface area contributed by atoms with Gasteiger partial charge in [0.05, 0.1) is 35.9 Å². The first-order valence-corrected chi connectivity index (χ1v) is 11.8. The Morgan fingerprint density at radius 3 is 2.75 bits per heavy atom. The molecular weight excluding hydrogens is 468 g/mol. The summed E-state index contributed by atoms with van der Waals surface area (Å²) in [7, 11) is 0. The molecule has 1 fully saturated rings. The van der Waals surface area contributed by atoms with Crippen LogP contribution in [0.5, 0.6) is 0 Å². The molecule has 4 aromatic rings. The van der Waals surface area contributed by atoms with Crippen molar-refractivity contribution in [1.29, 1.82) is 0 Å². The van der Waals surface area contributed by atoms with E-state index >= 15 is 0 Å². The van der Waals surface area contributed by atoms with Crippen LogP contribution >= 0.6 is 0 Å². The number of amides is 1. The van der Waals surface area contributed by atoms with Gasteiger partial charge in [0.1, 0.15) is 22.9 Å². The zero-order chi connectivity index (χ0) is 25.1. The van der Waals surface area contributed by atoms with Gasteiger partial charge in [-0.15, -0.1) is 0 Å². The van der Waals surface area contributed by atoms with Gasteiger partial charge in [-0.2, -0.15) is 10.2 Å². The van der Waals surface area contributed by atoms with Gasteiger partial charge in [0.25, 0.3) is 5.91 Å². The van der Waals surface area contributed by atoms with Crippen LogP contribution in [0.2, 0.25) is 0 Å². The lowest BCUT2D eigenvalue weighted by Crippen LogP contribution is -2.24. The summed E-state index contributed by atoms with van der Waals surface area (Å²) in [6.45, 7) is 2.65. The van der Waals surface area contributed by atoms with Crippen LogP contribution in [0, 0.1) is 11.6 Å². The van der Waals surface area contributed by atoms with Crippen molar-refractivity contribution in [2.45, 2.75) is 44.8 Å². The molecule has 0 bridgehead atoms. The number of aromatic nitrogens is 6. The van der Waals surface area contributed by atoms with E-state index in [0.717, 1.165) is 43.5 Å². The van der Waals surface area contributed by atoms with Crippen molar-refractivity contribution in [3.8, 4) is 22.6 Å². The zero-order valence-electron chi connectivity index (χ0n) is 19.6. The van der Waals surface area contributed by atoms with E-state index in [4.69, 9.17) is 4.74 Å². The van der Waals surface area contributed by atoms with Gasteiger partial charge >= 0.3 is 0 Å². The first kappa shape index (κ1) is 23.7. The Labute approximate surface area is 205 Å². The Balaban J connectivity index is 1.45. The van der Waals surface area contributed by atoms with E-state index in [-0.39, 0.29) is 34.9 Å². The second-order valence-corrected chi connectivity index (χ2v) is 8.59. The van der Waals surface area contributed by atoms with Crippen molar-refractivity contribution < 1.29 is 18.3 Å². The van der Waals surface area contributed by atoms with Gasteiger partial charge in [0.15, 0.2) is 5.82 Å². The van der Waals surface area contributed by atoms with Crippen LogP contribution in [0.4, 0.5) is 14.5 Å². The van der Waals surface area contributed by atoms with Crippen molar-refractivity contribution in [3.05, 3.63) is 66.4 Å². The highest BCUT2D eigenvalue weighted by Gasteiger charge is 2.26. The lowest BCUT2D eigenvalue weighted by atomic mass is 9.93. The third-order valence-electron chi connectivity index (χ3n) is 6.21. The average Bonchev–Trinajstić information content (AvgIpc) is 3.56. The minimum absolute atomic E-state index is 0.0529. The number of ether oxygens (including phenoxy) is 1. The van der Waals surface area contributed by atoms with Gasteiger partial charge in [-0.3, -0.25) is 14.6 Å². The minimum atomic E-state index is -0.865. The molecule has 0 aromatic carbocycles. The molecule has 5 rings (SSSR count). The second-order valence-electron chi connectivity index (χ2n) is 8.59. The van der Waals surface area contributed by atoms with E-state index in [1.807, 2.05) is 6.92 Å². The van der Waals surface area contributed by atoms with Crippen molar-refractivity contribution in [2.75, 3.05) is 11.9 Å². The smallest absolute Gasteiger partial charge is 0.274 e. The van der Waals surface area contributed by atoms with Crippen LogP contribution in [0.1, 0.15) is 49.1 Å². The van der Waals surface area contributed by atoms with Crippen molar-refractivity contribution in [2.24, 2.45) is 0 Å². The van der Waals surface area contributed by atoms with E-state index in [0.29, 0.717) is 12.3 Å². The molecule has 186 valence electrons. The fourth-order valence-corrected chi connectivity index (χ4v) is 4.45. The summed E-state index contributed by atoms with van der Waals surface area (Å²) >= 11 is 0. The summed E-state index contributed by atoms with van der Waals surface area (Å²) in [5.41, 5.74) is 1.72. The molecule has 2 N–H and O–H groups in total. The molecule has 1 aliphatic rings. The Morgan fingerprint density at radius 2 is 2.03 bits per heavy atom. The number of H-pyrrole nitrogens is 1. The Bertz CT molecular complexity index is 1350. The van der Waals surface area contributed by atoms with Gasteiger partial charge in [-0.1, -0.05) is 6.07 Å². The fourth-order valence-electron chi connectivity index (χ4n) is 4.45. The normalized spacial score (nSPS) is 17.8. The maximum absolute atomic E-state index is 14.7. The Kier molecular flexibility index (Phi) is 6.81.